The van der Waals surface area contributed by atoms with Gasteiger partial charge in [0.2, 0.25) is 0 Å². The number of guanidine groups is 1. The molecule has 0 aliphatic carbocycles. The molecule has 0 bridgehead atoms. The molecule has 2 N–H and O–H groups in total. The Morgan fingerprint density at radius 1 is 1.07 bits per heavy atom. The van der Waals surface area contributed by atoms with Gasteiger partial charge in [0.1, 0.15) is 0 Å². The molecule has 2 heterocycles. The van der Waals surface area contributed by atoms with E-state index in [4.69, 9.17) is 4.74 Å². The van der Waals surface area contributed by atoms with Crippen molar-refractivity contribution in [1.29, 1.82) is 0 Å². The Bertz CT molecular complexity index is 611. The summed E-state index contributed by atoms with van der Waals surface area (Å²) in [6, 6.07) is 11.3. The second-order valence-electron chi connectivity index (χ2n) is 8.55. The van der Waals surface area contributed by atoms with Crippen LogP contribution in [-0.2, 0) is 11.3 Å². The molecule has 170 valence electrons. The monoisotopic (exact) mass is 529 g/mol. The maximum absolute atomic E-state index is 5.81. The molecule has 2 fully saturated rings. The number of aliphatic imine (C=N–C) groups is 1. The average molecular weight is 530 g/mol. The number of nitrogens with zero attached hydrogens (tertiary/aromatic N) is 3. The van der Waals surface area contributed by atoms with Crippen LogP contribution in [0.2, 0.25) is 0 Å². The van der Waals surface area contributed by atoms with E-state index in [1.807, 2.05) is 7.05 Å². The average Bonchev–Trinajstić information content (AvgIpc) is 2.71. The highest BCUT2D eigenvalue weighted by Gasteiger charge is 2.22. The van der Waals surface area contributed by atoms with Gasteiger partial charge in [-0.2, -0.15) is 0 Å². The van der Waals surface area contributed by atoms with Gasteiger partial charge in [-0.15, -0.1) is 24.0 Å². The van der Waals surface area contributed by atoms with Crippen molar-refractivity contribution in [2.75, 3.05) is 46.3 Å². The molecule has 0 radical (unpaired) electrons. The largest absolute Gasteiger partial charge is 0.373 e. The molecule has 0 spiro atoms. The topological polar surface area (TPSA) is 52.1 Å². The Kier molecular flexibility index (Phi) is 11.4. The Hall–Kier alpha value is -0.900. The van der Waals surface area contributed by atoms with Crippen molar-refractivity contribution in [2.24, 2.45) is 4.99 Å². The van der Waals surface area contributed by atoms with Crippen molar-refractivity contribution in [2.45, 2.75) is 57.9 Å². The van der Waals surface area contributed by atoms with E-state index < -0.39 is 0 Å². The summed E-state index contributed by atoms with van der Waals surface area (Å²) in [5.74, 6) is 0.940. The number of piperidine rings is 1. The van der Waals surface area contributed by atoms with Gasteiger partial charge < -0.3 is 15.4 Å². The molecule has 2 atom stereocenters. The fraction of sp³-hybridized carbons (Fsp3) is 0.696. The summed E-state index contributed by atoms with van der Waals surface area (Å²) >= 11 is 0. The van der Waals surface area contributed by atoms with Crippen molar-refractivity contribution in [1.82, 2.24) is 20.4 Å². The fourth-order valence-corrected chi connectivity index (χ4v) is 4.44. The molecule has 6 nitrogen and oxygen atoms in total. The Balaban J connectivity index is 0.00000320. The Morgan fingerprint density at radius 3 is 2.37 bits per heavy atom. The van der Waals surface area contributed by atoms with Crippen molar-refractivity contribution in [3.63, 3.8) is 0 Å². The number of rotatable bonds is 7. The van der Waals surface area contributed by atoms with Gasteiger partial charge in [0.15, 0.2) is 5.96 Å². The van der Waals surface area contributed by atoms with E-state index in [9.17, 15) is 0 Å². The SMILES string of the molecule is CN=C(NCCCN1CC(C)OC(C)C1)NC1CCN(Cc2ccccc2)CC1.I. The second-order valence-corrected chi connectivity index (χ2v) is 8.55. The quantitative estimate of drug-likeness (QED) is 0.246. The molecule has 2 saturated heterocycles. The summed E-state index contributed by atoms with van der Waals surface area (Å²) in [6.07, 6.45) is 4.13. The van der Waals surface area contributed by atoms with Crippen LogP contribution in [0.25, 0.3) is 0 Å². The molecule has 0 amide bonds. The molecule has 2 aliphatic rings. The zero-order valence-corrected chi connectivity index (χ0v) is 21.2. The van der Waals surface area contributed by atoms with Gasteiger partial charge in [-0.05, 0) is 38.7 Å². The predicted octanol–water partition coefficient (Wildman–Crippen LogP) is 2.93. The maximum Gasteiger partial charge on any atom is 0.191 e. The highest BCUT2D eigenvalue weighted by Crippen LogP contribution is 2.14. The van der Waals surface area contributed by atoms with Crippen LogP contribution in [0.15, 0.2) is 35.3 Å². The number of hydrogen-bond donors (Lipinski definition) is 2. The lowest BCUT2D eigenvalue weighted by Crippen LogP contribution is -2.49. The second kappa shape index (κ2) is 13.5. The first-order chi connectivity index (χ1) is 14.1. The van der Waals surface area contributed by atoms with Gasteiger partial charge in [-0.1, -0.05) is 30.3 Å². The van der Waals surface area contributed by atoms with Crippen LogP contribution in [0.4, 0.5) is 0 Å². The third-order valence-corrected chi connectivity index (χ3v) is 5.84. The van der Waals surface area contributed by atoms with Crippen LogP contribution in [0.3, 0.4) is 0 Å². The summed E-state index contributed by atoms with van der Waals surface area (Å²) in [4.78, 5) is 9.49. The summed E-state index contributed by atoms with van der Waals surface area (Å²) < 4.78 is 5.81. The van der Waals surface area contributed by atoms with Crippen molar-refractivity contribution in [3.05, 3.63) is 35.9 Å². The first-order valence-electron chi connectivity index (χ1n) is 11.2. The fourth-order valence-electron chi connectivity index (χ4n) is 4.44. The van der Waals surface area contributed by atoms with Crippen LogP contribution in [-0.4, -0.2) is 80.3 Å². The van der Waals surface area contributed by atoms with Gasteiger partial charge in [-0.25, -0.2) is 0 Å². The van der Waals surface area contributed by atoms with Crippen molar-refractivity contribution >= 4 is 29.9 Å². The standard InChI is InChI=1S/C23H39N5O.HI/c1-19-16-28(17-20(2)29-19)13-7-12-25-23(24-3)26-22-10-14-27(15-11-22)18-21-8-5-4-6-9-21;/h4-6,8-9,19-20,22H,7,10-18H2,1-3H3,(H2,24,25,26);1H. The number of ether oxygens (including phenoxy) is 1. The molecule has 1 aromatic carbocycles. The normalized spacial score (nSPS) is 24.3. The minimum absolute atomic E-state index is 0. The lowest BCUT2D eigenvalue weighted by Gasteiger charge is -2.35. The highest BCUT2D eigenvalue weighted by atomic mass is 127. The van der Waals surface area contributed by atoms with E-state index in [1.165, 1.54) is 5.56 Å². The predicted molar refractivity (Wildman–Crippen MR) is 136 cm³/mol. The Morgan fingerprint density at radius 2 is 1.73 bits per heavy atom. The smallest absolute Gasteiger partial charge is 0.191 e. The summed E-state index contributed by atoms with van der Waals surface area (Å²) in [5.41, 5.74) is 1.40. The van der Waals surface area contributed by atoms with Crippen LogP contribution in [0.5, 0.6) is 0 Å². The molecule has 2 unspecified atom stereocenters. The van der Waals surface area contributed by atoms with E-state index in [-0.39, 0.29) is 24.0 Å². The van der Waals surface area contributed by atoms with Gasteiger partial charge in [0, 0.05) is 58.9 Å². The molecule has 0 saturated carbocycles. The number of nitrogens with one attached hydrogen (secondary N) is 2. The van der Waals surface area contributed by atoms with Crippen LogP contribution in [0.1, 0.15) is 38.7 Å². The van der Waals surface area contributed by atoms with Crippen molar-refractivity contribution < 1.29 is 4.74 Å². The molecule has 2 aliphatic heterocycles. The van der Waals surface area contributed by atoms with Gasteiger partial charge in [0.05, 0.1) is 12.2 Å². The lowest BCUT2D eigenvalue weighted by atomic mass is 10.0. The van der Waals surface area contributed by atoms with E-state index in [0.717, 1.165) is 71.0 Å². The first kappa shape index (κ1) is 25.4. The van der Waals surface area contributed by atoms with Gasteiger partial charge in [-0.3, -0.25) is 14.8 Å². The van der Waals surface area contributed by atoms with E-state index >= 15 is 0 Å². The van der Waals surface area contributed by atoms with E-state index in [2.05, 4.69) is 69.6 Å². The number of morpholine rings is 1. The summed E-state index contributed by atoms with van der Waals surface area (Å²) in [5, 5.41) is 7.12. The molecule has 0 aromatic heterocycles. The van der Waals surface area contributed by atoms with Gasteiger partial charge >= 0.3 is 0 Å². The number of benzene rings is 1. The highest BCUT2D eigenvalue weighted by molar-refractivity contribution is 14.0. The minimum Gasteiger partial charge on any atom is -0.373 e. The molecule has 3 rings (SSSR count). The zero-order chi connectivity index (χ0) is 20.5. The number of hydrogen-bond acceptors (Lipinski definition) is 4. The van der Waals surface area contributed by atoms with E-state index in [1.54, 1.807) is 0 Å². The molecule has 1 aromatic rings. The molecule has 7 heteroatoms. The van der Waals surface area contributed by atoms with Crippen LogP contribution < -0.4 is 10.6 Å². The van der Waals surface area contributed by atoms with E-state index in [0.29, 0.717) is 18.2 Å². The summed E-state index contributed by atoms with van der Waals surface area (Å²) in [6.45, 7) is 11.8. The minimum atomic E-state index is 0. The molecular formula is C23H40IN5O. The number of halogens is 1. The maximum atomic E-state index is 5.81. The number of likely N-dealkylation sites (tertiary alicyclic amines) is 1. The third kappa shape index (κ3) is 8.69. The zero-order valence-electron chi connectivity index (χ0n) is 18.8. The Labute approximate surface area is 199 Å². The molecular weight excluding hydrogens is 489 g/mol. The lowest BCUT2D eigenvalue weighted by molar-refractivity contribution is -0.0679. The van der Waals surface area contributed by atoms with Crippen LogP contribution in [0, 0.1) is 0 Å². The summed E-state index contributed by atoms with van der Waals surface area (Å²) in [7, 11) is 1.87. The van der Waals surface area contributed by atoms with Crippen LogP contribution >= 0.6 is 24.0 Å². The van der Waals surface area contributed by atoms with Crippen molar-refractivity contribution in [3.8, 4) is 0 Å². The van der Waals surface area contributed by atoms with Gasteiger partial charge in [0.25, 0.3) is 0 Å². The first-order valence-corrected chi connectivity index (χ1v) is 11.2. The molecule has 30 heavy (non-hydrogen) atoms. The third-order valence-electron chi connectivity index (χ3n) is 5.84.